The molecule has 1 amide bonds. The number of rotatable bonds is 6. The van der Waals surface area contributed by atoms with Crippen LogP contribution in [0.3, 0.4) is 0 Å². The monoisotopic (exact) mass is 553 g/mol. The van der Waals surface area contributed by atoms with Gasteiger partial charge in [-0.1, -0.05) is 50.2 Å². The fourth-order valence-corrected chi connectivity index (χ4v) is 5.25. The van der Waals surface area contributed by atoms with Crippen molar-refractivity contribution in [2.24, 2.45) is 0 Å². The van der Waals surface area contributed by atoms with Gasteiger partial charge in [-0.25, -0.2) is 8.42 Å². The molecule has 204 valence electrons. The second-order valence-electron chi connectivity index (χ2n) is 11.0. The predicted molar refractivity (Wildman–Crippen MR) is 157 cm³/mol. The van der Waals surface area contributed by atoms with Gasteiger partial charge in [-0.3, -0.25) is 9.78 Å². The summed E-state index contributed by atoms with van der Waals surface area (Å²) < 4.78 is 29.2. The van der Waals surface area contributed by atoms with Crippen LogP contribution in [0.25, 0.3) is 22.0 Å². The Morgan fingerprint density at radius 3 is 2.35 bits per heavy atom. The molecule has 0 saturated carbocycles. The number of carbonyl (C=O) groups is 1. The zero-order valence-corrected chi connectivity index (χ0v) is 24.0. The summed E-state index contributed by atoms with van der Waals surface area (Å²) in [5.74, 6) is 0.173. The summed E-state index contributed by atoms with van der Waals surface area (Å²) in [5.41, 5.74) is 5.69. The normalized spacial score (nSPS) is 12.0. The molecule has 3 aromatic carbocycles. The molecule has 0 unspecified atom stereocenters. The summed E-state index contributed by atoms with van der Waals surface area (Å²) in [6.45, 7) is 8.53. The van der Waals surface area contributed by atoms with Crippen molar-refractivity contribution >= 4 is 32.3 Å². The second-order valence-corrected chi connectivity index (χ2v) is 13.0. The van der Waals surface area contributed by atoms with E-state index in [0.717, 1.165) is 33.8 Å². The number of amides is 1. The number of sulfone groups is 1. The third kappa shape index (κ3) is 5.67. The summed E-state index contributed by atoms with van der Waals surface area (Å²) >= 11 is 0. The number of benzene rings is 3. The van der Waals surface area contributed by atoms with Gasteiger partial charge >= 0.3 is 0 Å². The van der Waals surface area contributed by atoms with Crippen LogP contribution in [0, 0.1) is 6.92 Å². The van der Waals surface area contributed by atoms with E-state index >= 15 is 0 Å². The van der Waals surface area contributed by atoms with Crippen LogP contribution in [0.5, 0.6) is 0 Å². The molecule has 0 N–H and O–H groups in total. The van der Waals surface area contributed by atoms with Gasteiger partial charge in [0.05, 0.1) is 17.0 Å². The molecule has 0 bridgehead atoms. The van der Waals surface area contributed by atoms with Crippen LogP contribution in [-0.4, -0.2) is 30.7 Å². The highest BCUT2D eigenvalue weighted by Crippen LogP contribution is 2.34. The molecule has 0 aliphatic rings. The average molecular weight is 554 g/mol. The number of aryl methyl sites for hydroxylation is 1. The minimum absolute atomic E-state index is 0.0481. The number of carbonyl (C=O) groups excluding carboxylic acids is 1. The average Bonchev–Trinajstić information content (AvgIpc) is 3.36. The smallest absolute Gasteiger partial charge is 0.280 e. The molecule has 0 atom stereocenters. The zero-order chi connectivity index (χ0) is 28.7. The number of hydrogen-bond acceptors (Lipinski definition) is 6. The van der Waals surface area contributed by atoms with E-state index in [1.165, 1.54) is 17.7 Å². The first kappa shape index (κ1) is 27.3. The summed E-state index contributed by atoms with van der Waals surface area (Å²) in [4.78, 5) is 20.0. The Balaban J connectivity index is 1.58. The lowest BCUT2D eigenvalue weighted by Gasteiger charge is -2.23. The molecule has 0 saturated heterocycles. The third-order valence-corrected chi connectivity index (χ3v) is 7.95. The van der Waals surface area contributed by atoms with Gasteiger partial charge in [-0.15, -0.1) is 0 Å². The molecule has 0 spiro atoms. The van der Waals surface area contributed by atoms with Crippen LogP contribution in [0.15, 0.2) is 94.5 Å². The fraction of sp³-hybridized carbons (Fsp3) is 0.219. The van der Waals surface area contributed by atoms with Gasteiger partial charge in [0.1, 0.15) is 5.76 Å². The maximum Gasteiger partial charge on any atom is 0.280 e. The Bertz CT molecular complexity index is 1820. The summed E-state index contributed by atoms with van der Waals surface area (Å²) in [7, 11) is -3.38. The van der Waals surface area contributed by atoms with Gasteiger partial charge in [0.2, 0.25) is 0 Å². The molecule has 0 aliphatic heterocycles. The lowest BCUT2D eigenvalue weighted by Crippen LogP contribution is -2.30. The first-order chi connectivity index (χ1) is 18.9. The maximum absolute atomic E-state index is 13.6. The van der Waals surface area contributed by atoms with E-state index in [1.54, 1.807) is 36.2 Å². The number of fused-ring (bicyclic) bond motifs is 1. The van der Waals surface area contributed by atoms with Gasteiger partial charge in [-0.2, -0.15) is 0 Å². The van der Waals surface area contributed by atoms with Crippen LogP contribution < -0.4 is 4.90 Å². The van der Waals surface area contributed by atoms with Gasteiger partial charge in [0.25, 0.3) is 5.91 Å². The Hall–Kier alpha value is -4.30. The summed E-state index contributed by atoms with van der Waals surface area (Å²) in [5, 5.41) is 4.99. The third-order valence-electron chi connectivity index (χ3n) is 6.82. The lowest BCUT2D eigenvalue weighted by molar-refractivity contribution is 0.0976. The molecule has 2 aromatic heterocycles. The molecular weight excluding hydrogens is 522 g/mol. The first-order valence-corrected chi connectivity index (χ1v) is 14.8. The van der Waals surface area contributed by atoms with Crippen molar-refractivity contribution in [2.45, 2.75) is 44.6 Å². The van der Waals surface area contributed by atoms with Crippen molar-refractivity contribution in [3.8, 4) is 11.1 Å². The molecule has 0 radical (unpaired) electrons. The van der Waals surface area contributed by atoms with E-state index in [1.807, 2.05) is 24.3 Å². The summed E-state index contributed by atoms with van der Waals surface area (Å²) in [6.07, 6.45) is 2.95. The van der Waals surface area contributed by atoms with E-state index in [2.05, 4.69) is 55.2 Å². The Kier molecular flexibility index (Phi) is 7.06. The number of anilines is 1. The molecule has 7 nitrogen and oxygen atoms in total. The molecular formula is C32H31N3O4S. The number of nitrogens with zero attached hydrogens (tertiary/aromatic N) is 3. The molecule has 5 rings (SSSR count). The van der Waals surface area contributed by atoms with Gasteiger partial charge in [0.15, 0.2) is 15.5 Å². The van der Waals surface area contributed by atoms with Crippen molar-refractivity contribution in [3.63, 3.8) is 0 Å². The summed E-state index contributed by atoms with van der Waals surface area (Å²) in [6, 6.07) is 24.3. The van der Waals surface area contributed by atoms with Crippen LogP contribution in [0.2, 0.25) is 0 Å². The van der Waals surface area contributed by atoms with Gasteiger partial charge in [0, 0.05) is 35.2 Å². The van der Waals surface area contributed by atoms with Crippen molar-refractivity contribution in [1.82, 2.24) is 10.1 Å². The van der Waals surface area contributed by atoms with E-state index in [-0.39, 0.29) is 28.5 Å². The number of aromatic nitrogens is 2. The van der Waals surface area contributed by atoms with Crippen molar-refractivity contribution in [2.75, 3.05) is 11.2 Å². The minimum Gasteiger partial charge on any atom is -0.361 e. The van der Waals surface area contributed by atoms with Crippen molar-refractivity contribution in [1.29, 1.82) is 0 Å². The van der Waals surface area contributed by atoms with Crippen LogP contribution in [-0.2, 0) is 21.8 Å². The quantitative estimate of drug-likeness (QED) is 0.231. The van der Waals surface area contributed by atoms with E-state index in [9.17, 15) is 13.2 Å². The number of pyridine rings is 1. The van der Waals surface area contributed by atoms with Gasteiger partial charge in [-0.05, 0) is 77.6 Å². The second kappa shape index (κ2) is 10.4. The Morgan fingerprint density at radius 1 is 0.950 bits per heavy atom. The number of hydrogen-bond donors (Lipinski definition) is 0. The molecule has 0 aliphatic carbocycles. The highest BCUT2D eigenvalue weighted by Gasteiger charge is 2.23. The minimum atomic E-state index is -3.38. The van der Waals surface area contributed by atoms with Crippen LogP contribution in [0.1, 0.15) is 48.1 Å². The van der Waals surface area contributed by atoms with Crippen LogP contribution in [0.4, 0.5) is 5.69 Å². The first-order valence-electron chi connectivity index (χ1n) is 12.9. The maximum atomic E-state index is 13.6. The van der Waals surface area contributed by atoms with Crippen molar-refractivity contribution < 1.29 is 17.7 Å². The van der Waals surface area contributed by atoms with E-state index in [4.69, 9.17) is 4.52 Å². The standard InChI is InChI=1S/C32H31N3O4S/c1-21-16-29(34-39-21)31(36)35(26-11-13-27(14-12-26)40(5,37)38)20-22-8-6-9-23(17-22)28-19-25(32(2,3)4)18-24-10-7-15-33-30(24)28/h6-19H,20H2,1-5H3. The highest BCUT2D eigenvalue weighted by atomic mass is 32.2. The fourth-order valence-electron chi connectivity index (χ4n) is 4.62. The van der Waals surface area contributed by atoms with E-state index in [0.29, 0.717) is 11.4 Å². The molecule has 40 heavy (non-hydrogen) atoms. The SMILES string of the molecule is Cc1cc(C(=O)N(Cc2cccc(-c3cc(C(C)(C)C)cc4cccnc34)c2)c2ccc(S(C)(=O)=O)cc2)no1. The molecule has 8 heteroatoms. The highest BCUT2D eigenvalue weighted by molar-refractivity contribution is 7.90. The lowest BCUT2D eigenvalue weighted by atomic mass is 9.84. The molecule has 2 heterocycles. The van der Waals surface area contributed by atoms with Crippen LogP contribution >= 0.6 is 0 Å². The van der Waals surface area contributed by atoms with Crippen molar-refractivity contribution in [3.05, 3.63) is 108 Å². The molecule has 0 fully saturated rings. The zero-order valence-electron chi connectivity index (χ0n) is 23.2. The predicted octanol–water partition coefficient (Wildman–Crippen LogP) is 6.75. The van der Waals surface area contributed by atoms with E-state index < -0.39 is 9.84 Å². The van der Waals surface area contributed by atoms with Gasteiger partial charge < -0.3 is 9.42 Å². The topological polar surface area (TPSA) is 93.4 Å². The Morgan fingerprint density at radius 2 is 1.70 bits per heavy atom. The molecule has 5 aromatic rings. The largest absolute Gasteiger partial charge is 0.361 e. The Labute approximate surface area is 234 Å².